The molecule has 0 rings (SSSR count). The molecule has 7 atom stereocenters. The molecule has 0 aliphatic carbocycles. The number of phosphoric ester groups is 2. The van der Waals surface area contributed by atoms with Crippen molar-refractivity contribution < 1.29 is 80.2 Å². The first-order valence-electron chi connectivity index (χ1n) is 47.9. The van der Waals surface area contributed by atoms with E-state index in [-0.39, 0.29) is 25.7 Å². The molecule has 0 amide bonds. The van der Waals surface area contributed by atoms with Crippen LogP contribution in [-0.2, 0) is 65.4 Å². The topological polar surface area (TPSA) is 237 Å². The van der Waals surface area contributed by atoms with Crippen LogP contribution >= 0.6 is 15.6 Å². The van der Waals surface area contributed by atoms with Gasteiger partial charge in [0.15, 0.2) is 12.2 Å². The summed E-state index contributed by atoms with van der Waals surface area (Å²) in [5.74, 6) is 0.365. The van der Waals surface area contributed by atoms with Crippen molar-refractivity contribution in [3.63, 3.8) is 0 Å². The van der Waals surface area contributed by atoms with Gasteiger partial charge in [0, 0.05) is 25.7 Å². The van der Waals surface area contributed by atoms with Crippen molar-refractivity contribution in [1.82, 2.24) is 0 Å². The molecule has 112 heavy (non-hydrogen) atoms. The second-order valence-corrected chi connectivity index (χ2v) is 37.3. The molecule has 0 saturated carbocycles. The van der Waals surface area contributed by atoms with Crippen molar-refractivity contribution in [2.24, 2.45) is 17.8 Å². The summed E-state index contributed by atoms with van der Waals surface area (Å²) in [7, 11) is -9.94. The lowest BCUT2D eigenvalue weighted by atomic mass is 9.99. The van der Waals surface area contributed by atoms with Gasteiger partial charge in [-0.15, -0.1) is 0 Å². The molecule has 4 unspecified atom stereocenters. The minimum Gasteiger partial charge on any atom is -0.462 e. The largest absolute Gasteiger partial charge is 0.472 e. The molecule has 0 bridgehead atoms. The van der Waals surface area contributed by atoms with Crippen LogP contribution in [0.4, 0.5) is 0 Å². The van der Waals surface area contributed by atoms with Crippen molar-refractivity contribution in [2.45, 2.75) is 516 Å². The number of carbonyl (C=O) groups is 4. The predicted octanol–water partition coefficient (Wildman–Crippen LogP) is 28.8. The van der Waals surface area contributed by atoms with Gasteiger partial charge in [0.1, 0.15) is 19.3 Å². The van der Waals surface area contributed by atoms with Gasteiger partial charge >= 0.3 is 39.5 Å². The van der Waals surface area contributed by atoms with E-state index in [1.54, 1.807) is 0 Å². The molecule has 0 radical (unpaired) electrons. The molecular weight excluding hydrogens is 1450 g/mol. The van der Waals surface area contributed by atoms with Crippen LogP contribution in [0.3, 0.4) is 0 Å². The van der Waals surface area contributed by atoms with Gasteiger partial charge < -0.3 is 33.8 Å². The monoisotopic (exact) mass is 1630 g/mol. The molecule has 0 aromatic rings. The van der Waals surface area contributed by atoms with Crippen molar-refractivity contribution in [3.8, 4) is 0 Å². The summed E-state index contributed by atoms with van der Waals surface area (Å²) in [6.07, 6.45) is 76.4. The van der Waals surface area contributed by atoms with Crippen LogP contribution in [0.25, 0.3) is 0 Å². The SMILES string of the molecule is CCCCCCCCCCCCCCCCCCCCCC(=O)O[C@H](COC(=O)CCCCCCCCCCC(C)CC)COP(=O)(O)OC[C@H](O)COP(=O)(O)OC[C@@H](COC(=O)CCCCCCCCCCCCCCCCCCC(C)C)OC(=O)CCCCCCCCCCCCCCCCCCCCC(C)CC. The van der Waals surface area contributed by atoms with Crippen molar-refractivity contribution in [3.05, 3.63) is 0 Å². The quantitative estimate of drug-likeness (QED) is 0.0222. The van der Waals surface area contributed by atoms with Gasteiger partial charge in [0.2, 0.25) is 0 Å². The van der Waals surface area contributed by atoms with Crippen LogP contribution < -0.4 is 0 Å². The third-order valence-corrected chi connectivity index (χ3v) is 24.5. The van der Waals surface area contributed by atoms with Gasteiger partial charge in [-0.25, -0.2) is 9.13 Å². The van der Waals surface area contributed by atoms with Gasteiger partial charge in [-0.1, -0.05) is 447 Å². The highest BCUT2D eigenvalue weighted by Crippen LogP contribution is 2.45. The van der Waals surface area contributed by atoms with Gasteiger partial charge in [0.25, 0.3) is 0 Å². The number of rotatable bonds is 91. The molecule has 0 spiro atoms. The molecule has 19 heteroatoms. The smallest absolute Gasteiger partial charge is 0.462 e. The zero-order valence-electron chi connectivity index (χ0n) is 74.2. The van der Waals surface area contributed by atoms with Crippen molar-refractivity contribution in [2.75, 3.05) is 39.6 Å². The number of hydrogen-bond acceptors (Lipinski definition) is 15. The fourth-order valence-corrected chi connectivity index (χ4v) is 16.1. The zero-order chi connectivity index (χ0) is 82.2. The Morgan fingerprint density at radius 2 is 0.455 bits per heavy atom. The number of aliphatic hydroxyl groups is 1. The maximum atomic E-state index is 13.2. The molecule has 0 fully saturated rings. The number of phosphoric acid groups is 2. The fraction of sp³-hybridized carbons (Fsp3) is 0.957. The summed E-state index contributed by atoms with van der Waals surface area (Å²) in [4.78, 5) is 73.5. The number of hydrogen-bond donors (Lipinski definition) is 3. The third-order valence-electron chi connectivity index (χ3n) is 22.6. The standard InChI is InChI=1S/C93H182O17P2/c1-8-11-12-13-14-15-16-17-18-19-20-24-31-36-41-46-55-62-70-77-93(98)110-89(81-104-91(96)75-68-61-54-49-48-52-59-66-73-86(7)10-3)83-108-112(101,102)106-79-87(94)78-105-111(99,100)107-82-88(80-103-90(95)74-67-60-53-45-40-35-30-27-26-28-33-38-43-50-57-64-71-84(4)5)109-92(97)76-69-63-56-47-42-37-32-25-22-21-23-29-34-39-44-51-58-65-72-85(6)9-2/h84-89,94H,8-83H2,1-7H3,(H,99,100)(H,101,102)/t85?,86?,87-,88-,89-/m1/s1. The number of esters is 4. The molecule has 0 aliphatic rings. The summed E-state index contributed by atoms with van der Waals surface area (Å²) >= 11 is 0. The lowest BCUT2D eigenvalue weighted by Crippen LogP contribution is -2.30. The Morgan fingerprint density at radius 1 is 0.259 bits per heavy atom. The van der Waals surface area contributed by atoms with E-state index in [0.29, 0.717) is 25.7 Å². The van der Waals surface area contributed by atoms with E-state index in [1.165, 1.54) is 308 Å². The molecule has 0 aromatic heterocycles. The molecule has 17 nitrogen and oxygen atoms in total. The van der Waals surface area contributed by atoms with E-state index >= 15 is 0 Å². The highest BCUT2D eigenvalue weighted by Gasteiger charge is 2.31. The summed E-state index contributed by atoms with van der Waals surface area (Å²) in [5.41, 5.74) is 0. The lowest BCUT2D eigenvalue weighted by Gasteiger charge is -2.21. The Hall–Kier alpha value is -1.94. The summed E-state index contributed by atoms with van der Waals surface area (Å²) in [6.45, 7) is 12.1. The first kappa shape index (κ1) is 110. The third kappa shape index (κ3) is 83.1. The predicted molar refractivity (Wildman–Crippen MR) is 465 cm³/mol. The number of ether oxygens (including phenoxy) is 4. The highest BCUT2D eigenvalue weighted by atomic mass is 31.2. The van der Waals surface area contributed by atoms with E-state index in [0.717, 1.165) is 108 Å². The van der Waals surface area contributed by atoms with Crippen LogP contribution in [0.5, 0.6) is 0 Å². The minimum absolute atomic E-state index is 0.108. The van der Waals surface area contributed by atoms with Crippen molar-refractivity contribution in [1.29, 1.82) is 0 Å². The molecule has 0 aliphatic heterocycles. The summed E-state index contributed by atoms with van der Waals surface area (Å²) < 4.78 is 69.1. The van der Waals surface area contributed by atoms with E-state index in [2.05, 4.69) is 48.5 Å². The Bertz CT molecular complexity index is 2150. The average molecular weight is 1630 g/mol. The first-order valence-corrected chi connectivity index (χ1v) is 50.9. The first-order chi connectivity index (χ1) is 54.3. The van der Waals surface area contributed by atoms with Crippen LogP contribution in [0.1, 0.15) is 498 Å². The Morgan fingerprint density at radius 3 is 0.679 bits per heavy atom. The molecule has 666 valence electrons. The van der Waals surface area contributed by atoms with E-state index in [4.69, 9.17) is 37.0 Å². The zero-order valence-corrected chi connectivity index (χ0v) is 75.9. The molecule has 0 heterocycles. The van der Waals surface area contributed by atoms with Gasteiger partial charge in [-0.05, 0) is 43.4 Å². The van der Waals surface area contributed by atoms with Crippen molar-refractivity contribution >= 4 is 39.5 Å². The van der Waals surface area contributed by atoms with E-state index in [1.807, 2.05) is 0 Å². The highest BCUT2D eigenvalue weighted by molar-refractivity contribution is 7.47. The maximum Gasteiger partial charge on any atom is 0.472 e. The molecule has 0 saturated heterocycles. The summed E-state index contributed by atoms with van der Waals surface area (Å²) in [5, 5.41) is 10.7. The van der Waals surface area contributed by atoms with Crippen LogP contribution in [0, 0.1) is 17.8 Å². The van der Waals surface area contributed by atoms with E-state index < -0.39 is 97.5 Å². The van der Waals surface area contributed by atoms with Crippen LogP contribution in [0.15, 0.2) is 0 Å². The Kier molecular flexibility index (Phi) is 81.3. The number of unbranched alkanes of at least 4 members (excludes halogenated alkanes) is 57. The summed E-state index contributed by atoms with van der Waals surface area (Å²) in [6, 6.07) is 0. The van der Waals surface area contributed by atoms with Crippen LogP contribution in [0.2, 0.25) is 0 Å². The minimum atomic E-state index is -4.97. The van der Waals surface area contributed by atoms with Gasteiger partial charge in [-0.3, -0.25) is 37.3 Å². The van der Waals surface area contributed by atoms with E-state index in [9.17, 15) is 43.2 Å². The normalized spacial score (nSPS) is 14.2. The van der Waals surface area contributed by atoms with Gasteiger partial charge in [-0.2, -0.15) is 0 Å². The molecule has 0 aromatic carbocycles. The second kappa shape index (κ2) is 82.7. The van der Waals surface area contributed by atoms with Gasteiger partial charge in [0.05, 0.1) is 26.4 Å². The fourth-order valence-electron chi connectivity index (χ4n) is 14.5. The number of aliphatic hydroxyl groups excluding tert-OH is 1. The lowest BCUT2D eigenvalue weighted by molar-refractivity contribution is -0.161. The van der Waals surface area contributed by atoms with Crippen LogP contribution in [-0.4, -0.2) is 96.7 Å². The molecule has 3 N–H and O–H groups in total. The Balaban J connectivity index is 5.25. The Labute approximate surface area is 689 Å². The number of carbonyl (C=O) groups excluding carboxylic acids is 4. The second-order valence-electron chi connectivity index (χ2n) is 34.4. The average Bonchev–Trinajstić information content (AvgIpc) is 0.899. The molecular formula is C93H182O17P2. The maximum absolute atomic E-state index is 13.2.